The first-order valence-corrected chi connectivity index (χ1v) is 46.0. The van der Waals surface area contributed by atoms with Gasteiger partial charge in [0.25, 0.3) is 0 Å². The highest BCUT2D eigenvalue weighted by molar-refractivity contribution is 7.89. The minimum atomic E-state index is -3.77. The molecule has 1 aliphatic carbocycles. The van der Waals surface area contributed by atoms with E-state index < -0.39 is 34.2 Å². The Labute approximate surface area is 731 Å². The number of primary sulfonamides is 1. The molecule has 7 aromatic carbocycles. The van der Waals surface area contributed by atoms with Gasteiger partial charge >= 0.3 is 24.1 Å². The van der Waals surface area contributed by atoms with Gasteiger partial charge in [-0.3, -0.25) is 19.2 Å². The molecule has 5 saturated heterocycles. The van der Waals surface area contributed by atoms with E-state index in [1.807, 2.05) is 181 Å². The summed E-state index contributed by atoms with van der Waals surface area (Å²) in [5, 5.41) is 29.5. The maximum Gasteiger partial charge on any atom is 0.318 e. The van der Waals surface area contributed by atoms with Crippen LogP contribution < -0.4 is 47.7 Å². The summed E-state index contributed by atoms with van der Waals surface area (Å²) in [7, 11) is -3.77. The lowest BCUT2D eigenvalue weighted by molar-refractivity contribution is -0.127. The number of amides is 12. The van der Waals surface area contributed by atoms with Crippen LogP contribution in [0.15, 0.2) is 230 Å². The van der Waals surface area contributed by atoms with Crippen LogP contribution in [0.25, 0.3) is 0 Å². The van der Waals surface area contributed by atoms with Crippen LogP contribution in [0.1, 0.15) is 149 Å². The van der Waals surface area contributed by atoms with E-state index in [1.165, 1.54) is 37.0 Å². The largest absolute Gasteiger partial charge is 0.375 e. The third-order valence-corrected chi connectivity index (χ3v) is 24.5. The predicted molar refractivity (Wildman–Crippen MR) is 480 cm³/mol. The Balaban J connectivity index is 0.000000162. The molecule has 0 radical (unpaired) electrons. The van der Waals surface area contributed by atoms with Gasteiger partial charge in [-0.1, -0.05) is 240 Å². The first-order chi connectivity index (χ1) is 60.4. The molecule has 6 aliphatic rings. The van der Waals surface area contributed by atoms with Gasteiger partial charge in [-0.15, -0.1) is 0 Å². The minimum absolute atomic E-state index is 0.0176. The number of urea groups is 4. The third kappa shape index (κ3) is 28.8. The van der Waals surface area contributed by atoms with Crippen LogP contribution >= 0.6 is 0 Å². The van der Waals surface area contributed by atoms with Crippen LogP contribution in [0.2, 0.25) is 0 Å². The molecule has 6 heterocycles. The van der Waals surface area contributed by atoms with Gasteiger partial charge in [-0.05, 0) is 161 Å². The fourth-order valence-corrected chi connectivity index (χ4v) is 17.4. The summed E-state index contributed by atoms with van der Waals surface area (Å²) in [6.45, 7) is 12.6. The molecule has 5 aliphatic heterocycles. The van der Waals surface area contributed by atoms with Crippen LogP contribution in [-0.4, -0.2) is 204 Å². The molecule has 8 atom stereocenters. The van der Waals surface area contributed by atoms with Gasteiger partial charge in [0.1, 0.15) is 24.2 Å². The number of imidazole rings is 1. The zero-order valence-corrected chi connectivity index (χ0v) is 72.6. The number of likely N-dealkylation sites (tertiary alicyclic amines) is 1. The molecule has 12 amide bonds. The second kappa shape index (κ2) is 49.1. The smallest absolute Gasteiger partial charge is 0.318 e. The highest BCUT2D eigenvalue weighted by Gasteiger charge is 2.48. The zero-order valence-electron chi connectivity index (χ0n) is 71.8. The summed E-state index contributed by atoms with van der Waals surface area (Å²) in [4.78, 5) is 117. The Morgan fingerprint density at radius 3 is 1.39 bits per heavy atom. The SMILES string of the molecule is CCCCNC(=O)C1C(CCc2ccccc2)NC(=O)N1CCCN1CCCC1.CCCCNC(=O)C1C(Cc2ccccc2)NC(=O)N1Cc1ccccc1.NS(=O)(=O)c1ccc(CCN2C(=O)NC(CCc3ccccc3)C2C(=O)NCc2ccccc2)cc1.O=C(NC1CCCCC1)C1C(COCc2ccccc2)NC(=O)N1CCCn1ccnc1. The van der Waals surface area contributed by atoms with Crippen LogP contribution in [-0.2, 0) is 85.9 Å². The first-order valence-electron chi connectivity index (χ1n) is 44.4. The summed E-state index contributed by atoms with van der Waals surface area (Å²) in [5.74, 6) is -0.388. The monoisotopic (exact) mass is 1710 g/mol. The first kappa shape index (κ1) is 93.2. The molecule has 1 aromatic heterocycles. The van der Waals surface area contributed by atoms with Crippen molar-refractivity contribution in [3.63, 3.8) is 0 Å². The molecule has 6 fully saturated rings. The molecule has 124 heavy (non-hydrogen) atoms. The van der Waals surface area contributed by atoms with Crippen molar-refractivity contribution in [1.82, 2.24) is 76.6 Å². The lowest BCUT2D eigenvalue weighted by Crippen LogP contribution is -2.53. The van der Waals surface area contributed by atoms with E-state index in [4.69, 9.17) is 9.88 Å². The summed E-state index contributed by atoms with van der Waals surface area (Å²) >= 11 is 0. The van der Waals surface area contributed by atoms with Crippen molar-refractivity contribution >= 4 is 57.8 Å². The third-order valence-electron chi connectivity index (χ3n) is 23.6. The number of sulfonamides is 1. The Morgan fingerprint density at radius 1 is 0.444 bits per heavy atom. The number of aromatic nitrogens is 2. The van der Waals surface area contributed by atoms with Crippen molar-refractivity contribution in [2.75, 3.05) is 59.0 Å². The predicted octanol–water partition coefficient (Wildman–Crippen LogP) is 11.2. The zero-order chi connectivity index (χ0) is 87.3. The molecule has 14 rings (SSSR count). The maximum absolute atomic E-state index is 13.3. The number of rotatable bonds is 39. The number of carbonyl (C=O) groups excluding carboxylic acids is 8. The molecular weight excluding hydrogens is 1590 g/mol. The van der Waals surface area contributed by atoms with Crippen molar-refractivity contribution in [2.45, 2.75) is 221 Å². The highest BCUT2D eigenvalue weighted by Crippen LogP contribution is 2.27. The van der Waals surface area contributed by atoms with Gasteiger partial charge in [0.15, 0.2) is 0 Å². The molecule has 1 saturated carbocycles. The van der Waals surface area contributed by atoms with Crippen LogP contribution in [0, 0.1) is 0 Å². The summed E-state index contributed by atoms with van der Waals surface area (Å²) < 4.78 is 30.9. The van der Waals surface area contributed by atoms with E-state index in [1.54, 1.807) is 44.3 Å². The van der Waals surface area contributed by atoms with Gasteiger partial charge in [-0.2, -0.15) is 0 Å². The van der Waals surface area contributed by atoms with E-state index in [0.29, 0.717) is 78.3 Å². The van der Waals surface area contributed by atoms with Crippen molar-refractivity contribution in [2.24, 2.45) is 5.14 Å². The standard InChI is InChI=1S/C27H30N4O4S.C24H33N5O3.C23H36N4O2.C22H27N3O2/c28-36(34,35)23-14-11-21(12-15-23)17-18-31-25(26(32)29-19-22-9-5-2-6-10-22)24(30-27(31)33)16-13-20-7-3-1-4-8-20;30-23(26-20-10-5-2-6-11-20)22-21(17-32-16-19-8-3-1-4-9-19)27-24(31)29(22)14-7-13-28-15-12-25-18-28;1-2-3-14-24-22(28)21-20(13-12-19-10-5-4-6-11-19)25-23(29)27(21)18-9-17-26-15-7-8-16-26;1-2-3-14-23-21(26)20-19(15-17-10-6-4-7-11-17)24-22(27)25(20)16-18-12-8-5-9-13-18/h1-12,14-15,24-25H,13,16-19H2,(H,29,32)(H,30,33)(H2,28,34,35);1,3-4,8-9,12,15,18,20-22H,2,5-7,10-11,13-14,16-17H2,(H,26,30)(H,27,31);4-6,10-11,20-21H,2-3,7-9,12-18H2,1H3,(H,24,28)(H,25,29);4-13,19-20H,2-3,14-16H2,1H3,(H,23,26)(H,24,27). The number of unbranched alkanes of at least 4 members (excludes halogenated alkanes) is 2. The Bertz CT molecular complexity index is 4690. The van der Waals surface area contributed by atoms with Crippen LogP contribution in [0.3, 0.4) is 0 Å². The number of ether oxygens (including phenoxy) is 1. The second-order valence-corrected chi connectivity index (χ2v) is 34.3. The molecule has 28 heteroatoms. The van der Waals surface area contributed by atoms with Gasteiger partial charge in [0, 0.05) is 70.8 Å². The quantitative estimate of drug-likeness (QED) is 0.0162. The van der Waals surface area contributed by atoms with Crippen molar-refractivity contribution in [3.8, 4) is 0 Å². The lowest BCUT2D eigenvalue weighted by atomic mass is 9.95. The average Bonchev–Trinajstić information content (AvgIpc) is 1.68. The molecule has 8 unspecified atom stereocenters. The molecule has 0 spiro atoms. The Kier molecular flexibility index (Phi) is 37.0. The number of aryl methyl sites for hydroxylation is 3. The van der Waals surface area contributed by atoms with E-state index in [0.717, 1.165) is 143 Å². The molecule has 10 N–H and O–H groups in total. The van der Waals surface area contributed by atoms with Gasteiger partial charge in [0.05, 0.1) is 48.6 Å². The number of benzene rings is 7. The fourth-order valence-electron chi connectivity index (χ4n) is 16.9. The number of hydrogen-bond donors (Lipinski definition) is 9. The number of nitrogens with one attached hydrogen (secondary N) is 8. The maximum atomic E-state index is 13.3. The number of nitrogens with two attached hydrogens (primary N) is 1. The normalized spacial score (nSPS) is 20.0. The molecule has 662 valence electrons. The Morgan fingerprint density at radius 2 is 0.879 bits per heavy atom. The van der Waals surface area contributed by atoms with Gasteiger partial charge in [0.2, 0.25) is 33.7 Å². The summed E-state index contributed by atoms with van der Waals surface area (Å²) in [5.41, 5.74) is 7.38. The molecule has 0 bridgehead atoms. The van der Waals surface area contributed by atoms with E-state index in [2.05, 4.69) is 78.4 Å². The topological polar surface area (TPSA) is 336 Å². The number of nitrogens with zero attached hydrogens (tertiary/aromatic N) is 7. The van der Waals surface area contributed by atoms with Crippen LogP contribution in [0.5, 0.6) is 0 Å². The van der Waals surface area contributed by atoms with E-state index >= 15 is 0 Å². The van der Waals surface area contributed by atoms with Crippen molar-refractivity contribution < 1.29 is 51.5 Å². The average molecular weight is 1710 g/mol. The van der Waals surface area contributed by atoms with Gasteiger partial charge in [-0.25, -0.2) is 37.7 Å². The Hall–Kier alpha value is -11.5. The van der Waals surface area contributed by atoms with Crippen LogP contribution in [0.4, 0.5) is 19.2 Å². The second-order valence-electron chi connectivity index (χ2n) is 32.8. The lowest BCUT2D eigenvalue weighted by Gasteiger charge is -2.29. The summed E-state index contributed by atoms with van der Waals surface area (Å²) in [6.07, 6.45) is 23.2. The highest BCUT2D eigenvalue weighted by atomic mass is 32.2. The summed E-state index contributed by atoms with van der Waals surface area (Å²) in [6, 6.07) is 61.9. The van der Waals surface area contributed by atoms with Crippen molar-refractivity contribution in [1.29, 1.82) is 0 Å². The van der Waals surface area contributed by atoms with E-state index in [9.17, 15) is 46.8 Å². The molecular formula is C96H126N16O11S. The molecule has 27 nitrogen and oxygen atoms in total. The number of hydrogen-bond acceptors (Lipinski definition) is 13. The van der Waals surface area contributed by atoms with Crippen molar-refractivity contribution in [3.05, 3.63) is 264 Å². The van der Waals surface area contributed by atoms with E-state index in [-0.39, 0.29) is 82.9 Å². The molecule has 8 aromatic rings. The minimum Gasteiger partial charge on any atom is -0.375 e. The fraction of sp³-hybridized carbons (Fsp3) is 0.448. The number of carbonyl (C=O) groups is 8. The van der Waals surface area contributed by atoms with Gasteiger partial charge < -0.3 is 76.3 Å².